The Kier molecular flexibility index (Phi) is 20.8. The van der Waals surface area contributed by atoms with E-state index in [0.717, 1.165) is 45.2 Å². The fourth-order valence-electron chi connectivity index (χ4n) is 1.03. The molecule has 0 radical (unpaired) electrons. The van der Waals surface area contributed by atoms with Gasteiger partial charge in [0, 0.05) is 6.61 Å². The summed E-state index contributed by atoms with van der Waals surface area (Å²) in [6, 6.07) is 0. The second-order valence-electron chi connectivity index (χ2n) is 2.95. The van der Waals surface area contributed by atoms with E-state index in [2.05, 4.69) is 5.32 Å². The van der Waals surface area contributed by atoms with Crippen molar-refractivity contribution in [2.45, 2.75) is 32.1 Å². The van der Waals surface area contributed by atoms with Crippen LogP contribution in [0.15, 0.2) is 0 Å². The number of hydrogen-bond acceptors (Lipinski definition) is 3. The molecule has 13 heavy (non-hydrogen) atoms. The number of unbranched alkanes of at least 4 members (excludes halogenated alkanes) is 3. The van der Waals surface area contributed by atoms with Gasteiger partial charge in [-0.2, -0.15) is 0 Å². The minimum Gasteiger partial charge on any atom is -0.854 e. The van der Waals surface area contributed by atoms with Gasteiger partial charge >= 0.3 is 51.4 Å². The van der Waals surface area contributed by atoms with Crippen molar-refractivity contribution in [1.82, 2.24) is 5.32 Å². The molecule has 0 unspecified atom stereocenters. The molecule has 0 aliphatic rings. The zero-order chi connectivity index (χ0) is 9.07. The summed E-state index contributed by atoms with van der Waals surface area (Å²) < 4.78 is 0. The molecule has 0 aromatic carbocycles. The number of rotatable bonds is 9. The Hall–Kier alpha value is 1.52. The van der Waals surface area contributed by atoms with Crippen LogP contribution in [0.1, 0.15) is 32.1 Å². The smallest absolute Gasteiger partial charge is 0.854 e. The Morgan fingerprint density at radius 3 is 2.15 bits per heavy atom. The fraction of sp³-hybridized carbons (Fsp3) is 1.00. The van der Waals surface area contributed by atoms with Gasteiger partial charge in [0.25, 0.3) is 0 Å². The van der Waals surface area contributed by atoms with E-state index < -0.39 is 0 Å². The molecule has 74 valence electrons. The average molecular weight is 213 g/mol. The van der Waals surface area contributed by atoms with Crippen LogP contribution in [0.2, 0.25) is 0 Å². The van der Waals surface area contributed by atoms with Gasteiger partial charge in [0.2, 0.25) is 0 Å². The molecule has 0 rings (SSSR count). The van der Waals surface area contributed by atoms with Gasteiger partial charge < -0.3 is 15.5 Å². The van der Waals surface area contributed by atoms with E-state index in [-0.39, 0.29) is 64.6 Å². The molecule has 0 heterocycles. The molecule has 0 spiro atoms. The van der Waals surface area contributed by atoms with E-state index in [0.29, 0.717) is 0 Å². The van der Waals surface area contributed by atoms with Gasteiger partial charge in [0.05, 0.1) is 0 Å². The van der Waals surface area contributed by atoms with Crippen LogP contribution < -0.4 is 61.8 Å². The number of nitrogens with one attached hydrogen (secondary N) is 1. The van der Waals surface area contributed by atoms with Gasteiger partial charge in [0.15, 0.2) is 0 Å². The SMILES string of the molecule is [K+].[O-]CCCCCCNCCCO. The van der Waals surface area contributed by atoms with Crippen LogP contribution in [0, 0.1) is 0 Å². The van der Waals surface area contributed by atoms with Crippen LogP contribution in [0.3, 0.4) is 0 Å². The monoisotopic (exact) mass is 213 g/mol. The van der Waals surface area contributed by atoms with Crippen LogP contribution >= 0.6 is 0 Å². The predicted molar refractivity (Wildman–Crippen MR) is 47.9 cm³/mol. The summed E-state index contributed by atoms with van der Waals surface area (Å²) >= 11 is 0. The molecular weight excluding hydrogens is 193 g/mol. The van der Waals surface area contributed by atoms with Gasteiger partial charge in [-0.3, -0.25) is 0 Å². The number of aliphatic hydroxyl groups is 1. The molecular formula is C9H20KNO2. The second kappa shape index (κ2) is 16.0. The zero-order valence-corrected chi connectivity index (χ0v) is 11.8. The maximum Gasteiger partial charge on any atom is 1.00 e. The third-order valence-electron chi connectivity index (χ3n) is 1.76. The van der Waals surface area contributed by atoms with E-state index in [1.54, 1.807) is 0 Å². The van der Waals surface area contributed by atoms with E-state index in [1.807, 2.05) is 0 Å². The summed E-state index contributed by atoms with van der Waals surface area (Å²) in [7, 11) is 0. The van der Waals surface area contributed by atoms with Crippen LogP contribution in [-0.2, 0) is 0 Å². The fourth-order valence-corrected chi connectivity index (χ4v) is 1.03. The topological polar surface area (TPSA) is 55.3 Å². The number of hydrogen-bond donors (Lipinski definition) is 2. The Bertz CT molecular complexity index is 74.0. The molecule has 2 N–H and O–H groups in total. The summed E-state index contributed by atoms with van der Waals surface area (Å²) in [5.41, 5.74) is 0. The summed E-state index contributed by atoms with van der Waals surface area (Å²) in [5.74, 6) is 0. The Balaban J connectivity index is 0. The molecule has 0 amide bonds. The van der Waals surface area contributed by atoms with Crippen LogP contribution in [-0.4, -0.2) is 31.4 Å². The Morgan fingerprint density at radius 2 is 1.54 bits per heavy atom. The first-order valence-corrected chi connectivity index (χ1v) is 4.81. The zero-order valence-electron chi connectivity index (χ0n) is 8.72. The van der Waals surface area contributed by atoms with Crippen molar-refractivity contribution >= 4 is 0 Å². The van der Waals surface area contributed by atoms with E-state index in [4.69, 9.17) is 5.11 Å². The second-order valence-corrected chi connectivity index (χ2v) is 2.95. The molecule has 0 atom stereocenters. The van der Waals surface area contributed by atoms with Crippen molar-refractivity contribution in [3.63, 3.8) is 0 Å². The van der Waals surface area contributed by atoms with Gasteiger partial charge in [-0.25, -0.2) is 0 Å². The van der Waals surface area contributed by atoms with Crippen molar-refractivity contribution < 1.29 is 61.6 Å². The molecule has 0 aromatic rings. The average Bonchev–Trinajstić information content (AvgIpc) is 2.10. The molecule has 0 aromatic heterocycles. The first kappa shape index (κ1) is 16.9. The van der Waals surface area contributed by atoms with Gasteiger partial charge in [-0.05, 0) is 25.9 Å². The van der Waals surface area contributed by atoms with Crippen LogP contribution in [0.5, 0.6) is 0 Å². The maximum atomic E-state index is 10.1. The quantitative estimate of drug-likeness (QED) is 0.315. The van der Waals surface area contributed by atoms with Crippen molar-refractivity contribution in [2.24, 2.45) is 0 Å². The predicted octanol–water partition coefficient (Wildman–Crippen LogP) is -3.12. The van der Waals surface area contributed by atoms with Crippen LogP contribution in [0.25, 0.3) is 0 Å². The van der Waals surface area contributed by atoms with Crippen molar-refractivity contribution in [3.8, 4) is 0 Å². The Labute approximate surface area is 124 Å². The first-order chi connectivity index (χ1) is 5.91. The first-order valence-electron chi connectivity index (χ1n) is 4.81. The van der Waals surface area contributed by atoms with E-state index in [9.17, 15) is 5.11 Å². The molecule has 0 saturated heterocycles. The standard InChI is InChI=1S/C9H20NO2.K/c11-8-4-2-1-3-6-10-7-5-9-12;/h10,12H,1-9H2;/q-1;+1. The van der Waals surface area contributed by atoms with Gasteiger partial charge in [0.1, 0.15) is 0 Å². The third-order valence-corrected chi connectivity index (χ3v) is 1.76. The molecule has 0 saturated carbocycles. The Morgan fingerprint density at radius 1 is 0.923 bits per heavy atom. The summed E-state index contributed by atoms with van der Waals surface area (Å²) in [5, 5.41) is 21.7. The molecule has 0 aliphatic heterocycles. The minimum atomic E-state index is 0. The number of aliphatic hydroxyl groups excluding tert-OH is 1. The third kappa shape index (κ3) is 16.2. The maximum absolute atomic E-state index is 10.1. The van der Waals surface area contributed by atoms with Crippen molar-refractivity contribution in [2.75, 3.05) is 26.3 Å². The van der Waals surface area contributed by atoms with Crippen molar-refractivity contribution in [3.05, 3.63) is 0 Å². The van der Waals surface area contributed by atoms with E-state index in [1.165, 1.54) is 0 Å². The van der Waals surface area contributed by atoms with E-state index >= 15 is 0 Å². The molecule has 0 bridgehead atoms. The molecule has 0 aliphatic carbocycles. The van der Waals surface area contributed by atoms with Gasteiger partial charge in [-0.15, -0.1) is 6.61 Å². The van der Waals surface area contributed by atoms with Crippen LogP contribution in [0.4, 0.5) is 0 Å². The van der Waals surface area contributed by atoms with Crippen molar-refractivity contribution in [1.29, 1.82) is 0 Å². The summed E-state index contributed by atoms with van der Waals surface area (Å²) in [6.45, 7) is 2.25. The molecule has 0 fully saturated rings. The van der Waals surface area contributed by atoms with Gasteiger partial charge in [-0.1, -0.05) is 19.3 Å². The summed E-state index contributed by atoms with van der Waals surface area (Å²) in [6.07, 6.45) is 5.00. The molecule has 4 heteroatoms. The normalized spacial score (nSPS) is 9.69. The molecule has 3 nitrogen and oxygen atoms in total. The largest absolute Gasteiger partial charge is 1.00 e. The summed E-state index contributed by atoms with van der Waals surface area (Å²) in [4.78, 5) is 0. The minimum absolute atomic E-state index is 0.